The number of nitrogens with zero attached hydrogens (tertiary/aromatic N) is 3. The van der Waals surface area contributed by atoms with Crippen LogP contribution in [-0.4, -0.2) is 23.2 Å². The molecule has 0 fully saturated rings. The molecule has 0 aliphatic carbocycles. The molecule has 0 radical (unpaired) electrons. The van der Waals surface area contributed by atoms with Gasteiger partial charge in [-0.2, -0.15) is 5.10 Å². The highest BCUT2D eigenvalue weighted by molar-refractivity contribution is 7.91. The summed E-state index contributed by atoms with van der Waals surface area (Å²) < 4.78 is 28.6. The average molecular weight is 321 g/mol. The highest BCUT2D eigenvalue weighted by atomic mass is 35.5. The number of thiazole rings is 1. The second-order valence-corrected chi connectivity index (χ2v) is 7.64. The van der Waals surface area contributed by atoms with Crippen LogP contribution in [0, 0.1) is 13.8 Å². The Morgan fingerprint density at radius 3 is 2.63 bits per heavy atom. The van der Waals surface area contributed by atoms with Crippen LogP contribution < -0.4 is 4.72 Å². The monoisotopic (exact) mass is 320 g/mol. The van der Waals surface area contributed by atoms with E-state index in [0.29, 0.717) is 0 Å². The van der Waals surface area contributed by atoms with E-state index >= 15 is 0 Å². The fourth-order valence-corrected chi connectivity index (χ4v) is 4.01. The van der Waals surface area contributed by atoms with Crippen LogP contribution in [0.4, 0.5) is 0 Å². The molecular formula is C10H13ClN4O2S2. The number of rotatable bonds is 4. The molecule has 0 atom stereocenters. The molecule has 0 unspecified atom stereocenters. The van der Waals surface area contributed by atoms with Crippen LogP contribution in [0.5, 0.6) is 0 Å². The molecule has 6 nitrogen and oxygen atoms in total. The summed E-state index contributed by atoms with van der Waals surface area (Å²) in [5.41, 5.74) is 2.62. The summed E-state index contributed by atoms with van der Waals surface area (Å²) in [6, 6.07) is 0. The maximum atomic E-state index is 12.0. The molecule has 0 bridgehead atoms. The minimum absolute atomic E-state index is 0.108. The summed E-state index contributed by atoms with van der Waals surface area (Å²) in [4.78, 5) is 3.73. The van der Waals surface area contributed by atoms with Crippen molar-refractivity contribution in [1.82, 2.24) is 19.5 Å². The van der Waals surface area contributed by atoms with Gasteiger partial charge in [0.25, 0.3) is 10.0 Å². The van der Waals surface area contributed by atoms with Crippen LogP contribution in [0.1, 0.15) is 17.0 Å². The Bertz CT molecular complexity index is 705. The van der Waals surface area contributed by atoms with Gasteiger partial charge >= 0.3 is 0 Å². The molecule has 0 spiro atoms. The molecule has 0 aliphatic rings. The molecule has 2 heterocycles. The molecule has 2 aromatic rings. The number of sulfonamides is 1. The first kappa shape index (κ1) is 14.4. The van der Waals surface area contributed by atoms with Crippen LogP contribution in [-0.2, 0) is 23.6 Å². The Morgan fingerprint density at radius 1 is 1.47 bits per heavy atom. The lowest BCUT2D eigenvalue weighted by molar-refractivity contribution is 0.583. The zero-order chi connectivity index (χ0) is 14.2. The lowest BCUT2D eigenvalue weighted by Crippen LogP contribution is -2.23. The summed E-state index contributed by atoms with van der Waals surface area (Å²) >= 11 is 6.57. The van der Waals surface area contributed by atoms with E-state index in [-0.39, 0.29) is 15.2 Å². The third kappa shape index (κ3) is 2.97. The molecule has 2 aromatic heterocycles. The van der Waals surface area contributed by atoms with Crippen molar-refractivity contribution in [3.63, 3.8) is 0 Å². The van der Waals surface area contributed by atoms with E-state index in [1.165, 1.54) is 6.20 Å². The van der Waals surface area contributed by atoms with Crippen LogP contribution in [0.25, 0.3) is 0 Å². The molecule has 19 heavy (non-hydrogen) atoms. The summed E-state index contributed by atoms with van der Waals surface area (Å²) in [7, 11) is -1.75. The molecule has 9 heteroatoms. The standard InChI is InChI=1S/C10H13ClN4O2S2/c1-6-8(7(2)15(3)14-6)4-13-19(16,17)9-5-12-10(11)18-9/h5,13H,4H2,1-3H3. The van der Waals surface area contributed by atoms with E-state index in [1.807, 2.05) is 20.9 Å². The van der Waals surface area contributed by atoms with Gasteiger partial charge in [-0.1, -0.05) is 22.9 Å². The third-order valence-electron chi connectivity index (χ3n) is 2.82. The summed E-state index contributed by atoms with van der Waals surface area (Å²) in [6.45, 7) is 3.94. The third-order valence-corrected chi connectivity index (χ3v) is 5.80. The molecule has 2 rings (SSSR count). The maximum absolute atomic E-state index is 12.0. The average Bonchev–Trinajstić information content (AvgIpc) is 2.84. The van der Waals surface area contributed by atoms with Gasteiger partial charge < -0.3 is 0 Å². The van der Waals surface area contributed by atoms with E-state index in [2.05, 4.69) is 14.8 Å². The first-order valence-corrected chi connectivity index (χ1v) is 8.09. The van der Waals surface area contributed by atoms with Crippen LogP contribution in [0.2, 0.25) is 4.47 Å². The molecular weight excluding hydrogens is 308 g/mol. The van der Waals surface area contributed by atoms with Gasteiger partial charge in [-0.05, 0) is 13.8 Å². The van der Waals surface area contributed by atoms with Crippen molar-refractivity contribution in [2.75, 3.05) is 0 Å². The van der Waals surface area contributed by atoms with Crippen LogP contribution in [0.15, 0.2) is 10.4 Å². The van der Waals surface area contributed by atoms with Crippen molar-refractivity contribution in [1.29, 1.82) is 0 Å². The Kier molecular flexibility index (Phi) is 3.95. The van der Waals surface area contributed by atoms with Crippen molar-refractivity contribution in [2.24, 2.45) is 7.05 Å². The summed E-state index contributed by atoms with van der Waals surface area (Å²) in [5, 5.41) is 4.24. The highest BCUT2D eigenvalue weighted by Crippen LogP contribution is 2.22. The second-order valence-electron chi connectivity index (χ2n) is 4.03. The molecule has 0 saturated heterocycles. The molecule has 0 saturated carbocycles. The number of hydrogen-bond donors (Lipinski definition) is 1. The summed E-state index contributed by atoms with van der Waals surface area (Å²) in [5.74, 6) is 0. The van der Waals surface area contributed by atoms with Gasteiger partial charge in [0.1, 0.15) is 0 Å². The molecule has 0 amide bonds. The van der Waals surface area contributed by atoms with Crippen molar-refractivity contribution in [3.8, 4) is 0 Å². The van der Waals surface area contributed by atoms with E-state index in [0.717, 1.165) is 28.3 Å². The molecule has 0 aromatic carbocycles. The molecule has 1 N–H and O–H groups in total. The maximum Gasteiger partial charge on any atom is 0.252 e. The predicted molar refractivity (Wildman–Crippen MR) is 73.8 cm³/mol. The normalized spacial score (nSPS) is 12.0. The van der Waals surface area contributed by atoms with E-state index in [9.17, 15) is 8.42 Å². The van der Waals surface area contributed by atoms with Crippen molar-refractivity contribution < 1.29 is 8.42 Å². The first-order valence-electron chi connectivity index (χ1n) is 5.41. The van der Waals surface area contributed by atoms with Gasteiger partial charge in [0, 0.05) is 24.8 Å². The number of hydrogen-bond acceptors (Lipinski definition) is 5. The quantitative estimate of drug-likeness (QED) is 0.928. The van der Waals surface area contributed by atoms with Gasteiger partial charge in [0.2, 0.25) is 0 Å². The number of aryl methyl sites for hydroxylation is 2. The highest BCUT2D eigenvalue weighted by Gasteiger charge is 2.19. The van der Waals surface area contributed by atoms with Crippen molar-refractivity contribution in [3.05, 3.63) is 27.6 Å². The zero-order valence-corrected chi connectivity index (χ0v) is 13.0. The smallest absolute Gasteiger partial charge is 0.252 e. The topological polar surface area (TPSA) is 76.9 Å². The first-order chi connectivity index (χ1) is 8.81. The molecule has 104 valence electrons. The number of aromatic nitrogens is 3. The van der Waals surface area contributed by atoms with E-state index in [4.69, 9.17) is 11.6 Å². The Hall–Kier alpha value is -0.960. The SMILES string of the molecule is Cc1nn(C)c(C)c1CNS(=O)(=O)c1cnc(Cl)s1. The van der Waals surface area contributed by atoms with Crippen LogP contribution >= 0.6 is 22.9 Å². The second kappa shape index (κ2) is 5.20. The number of halogens is 1. The van der Waals surface area contributed by atoms with Crippen LogP contribution in [0.3, 0.4) is 0 Å². The van der Waals surface area contributed by atoms with Crippen molar-refractivity contribution in [2.45, 2.75) is 24.6 Å². The van der Waals surface area contributed by atoms with Gasteiger partial charge in [-0.3, -0.25) is 4.68 Å². The van der Waals surface area contributed by atoms with E-state index in [1.54, 1.807) is 4.68 Å². The Labute approximate surface area is 120 Å². The number of nitrogens with one attached hydrogen (secondary N) is 1. The summed E-state index contributed by atoms with van der Waals surface area (Å²) in [6.07, 6.45) is 1.25. The van der Waals surface area contributed by atoms with Gasteiger partial charge in [0.05, 0.1) is 11.9 Å². The lowest BCUT2D eigenvalue weighted by atomic mass is 10.2. The van der Waals surface area contributed by atoms with Gasteiger partial charge in [-0.25, -0.2) is 18.1 Å². The lowest BCUT2D eigenvalue weighted by Gasteiger charge is -2.05. The fraction of sp³-hybridized carbons (Fsp3) is 0.400. The van der Waals surface area contributed by atoms with Gasteiger partial charge in [-0.15, -0.1) is 0 Å². The minimum atomic E-state index is -3.58. The fourth-order valence-electron chi connectivity index (χ4n) is 1.68. The van der Waals surface area contributed by atoms with Crippen molar-refractivity contribution >= 4 is 33.0 Å². The minimum Gasteiger partial charge on any atom is -0.272 e. The Balaban J connectivity index is 2.18. The van der Waals surface area contributed by atoms with Gasteiger partial charge in [0.15, 0.2) is 8.68 Å². The van der Waals surface area contributed by atoms with E-state index < -0.39 is 10.0 Å². The zero-order valence-electron chi connectivity index (χ0n) is 10.6. The predicted octanol–water partition coefficient (Wildman–Crippen LogP) is 1.63. The largest absolute Gasteiger partial charge is 0.272 e. The molecule has 0 aliphatic heterocycles. The Morgan fingerprint density at radius 2 is 2.16 bits per heavy atom.